The molecule has 1 heterocycles. The van der Waals surface area contributed by atoms with E-state index in [-0.39, 0.29) is 11.9 Å². The number of ether oxygens (including phenoxy) is 1. The second-order valence-electron chi connectivity index (χ2n) is 4.38. The van der Waals surface area contributed by atoms with Gasteiger partial charge in [0.1, 0.15) is 17.4 Å². The van der Waals surface area contributed by atoms with Crippen molar-refractivity contribution in [3.8, 4) is 5.75 Å². The van der Waals surface area contributed by atoms with E-state index in [1.807, 2.05) is 0 Å². The van der Waals surface area contributed by atoms with Crippen LogP contribution in [0.4, 0.5) is 4.39 Å². The molecule has 1 N–H and O–H groups in total. The SMILES string of the molecule is CCCNC(c1ncccn1)c1cc(F)ccc1OC. The third-order valence-electron chi connectivity index (χ3n) is 2.95. The lowest BCUT2D eigenvalue weighted by Crippen LogP contribution is -2.25. The molecule has 2 aromatic rings. The van der Waals surface area contributed by atoms with Crippen molar-refractivity contribution in [2.45, 2.75) is 19.4 Å². The zero-order chi connectivity index (χ0) is 14.4. The molecule has 0 aliphatic rings. The molecule has 0 aliphatic heterocycles. The van der Waals surface area contributed by atoms with Gasteiger partial charge in [-0.3, -0.25) is 0 Å². The third kappa shape index (κ3) is 3.30. The topological polar surface area (TPSA) is 47.0 Å². The second kappa shape index (κ2) is 6.96. The molecule has 0 radical (unpaired) electrons. The summed E-state index contributed by atoms with van der Waals surface area (Å²) in [7, 11) is 1.57. The van der Waals surface area contributed by atoms with Crippen LogP contribution in [0, 0.1) is 5.82 Å². The van der Waals surface area contributed by atoms with Crippen LogP contribution in [0.5, 0.6) is 5.75 Å². The van der Waals surface area contributed by atoms with Gasteiger partial charge in [0.25, 0.3) is 0 Å². The van der Waals surface area contributed by atoms with Crippen LogP contribution in [-0.4, -0.2) is 23.6 Å². The molecule has 0 amide bonds. The predicted molar refractivity (Wildman–Crippen MR) is 75.1 cm³/mol. The summed E-state index contributed by atoms with van der Waals surface area (Å²) in [6, 6.07) is 5.92. The quantitative estimate of drug-likeness (QED) is 0.880. The Kier molecular flexibility index (Phi) is 5.01. The molecule has 1 unspecified atom stereocenters. The summed E-state index contributed by atoms with van der Waals surface area (Å²) in [6.45, 7) is 2.85. The van der Waals surface area contributed by atoms with Crippen molar-refractivity contribution in [1.29, 1.82) is 0 Å². The highest BCUT2D eigenvalue weighted by molar-refractivity contribution is 5.39. The number of rotatable bonds is 6. The van der Waals surface area contributed by atoms with E-state index in [1.165, 1.54) is 12.1 Å². The molecule has 4 nitrogen and oxygen atoms in total. The lowest BCUT2D eigenvalue weighted by Gasteiger charge is -2.20. The minimum atomic E-state index is -0.306. The van der Waals surface area contributed by atoms with Gasteiger partial charge >= 0.3 is 0 Å². The number of halogens is 1. The van der Waals surface area contributed by atoms with Crippen LogP contribution in [0.25, 0.3) is 0 Å². The third-order valence-corrected chi connectivity index (χ3v) is 2.95. The van der Waals surface area contributed by atoms with E-state index in [1.54, 1.807) is 31.6 Å². The van der Waals surface area contributed by atoms with Crippen molar-refractivity contribution < 1.29 is 9.13 Å². The lowest BCUT2D eigenvalue weighted by atomic mass is 10.0. The molecular formula is C15H18FN3O. The van der Waals surface area contributed by atoms with E-state index in [0.717, 1.165) is 13.0 Å². The van der Waals surface area contributed by atoms with Gasteiger partial charge in [-0.05, 0) is 37.2 Å². The van der Waals surface area contributed by atoms with E-state index in [9.17, 15) is 4.39 Å². The van der Waals surface area contributed by atoms with Gasteiger partial charge in [-0.25, -0.2) is 14.4 Å². The molecule has 5 heteroatoms. The van der Waals surface area contributed by atoms with Crippen LogP contribution in [0.2, 0.25) is 0 Å². The molecule has 0 saturated heterocycles. The van der Waals surface area contributed by atoms with Crippen LogP contribution >= 0.6 is 0 Å². The second-order valence-corrected chi connectivity index (χ2v) is 4.38. The Hall–Kier alpha value is -2.01. The molecule has 0 saturated carbocycles. The van der Waals surface area contributed by atoms with Crippen molar-refractivity contribution in [2.75, 3.05) is 13.7 Å². The van der Waals surface area contributed by atoms with Gasteiger partial charge in [0.05, 0.1) is 13.2 Å². The zero-order valence-corrected chi connectivity index (χ0v) is 11.6. The maximum absolute atomic E-state index is 13.6. The number of hydrogen-bond donors (Lipinski definition) is 1. The number of methoxy groups -OCH3 is 1. The Balaban J connectivity index is 2.43. The van der Waals surface area contributed by atoms with Crippen LogP contribution in [-0.2, 0) is 0 Å². The van der Waals surface area contributed by atoms with E-state index >= 15 is 0 Å². The summed E-state index contributed by atoms with van der Waals surface area (Å²) in [5.41, 5.74) is 0.701. The highest BCUT2D eigenvalue weighted by Gasteiger charge is 2.20. The first-order valence-electron chi connectivity index (χ1n) is 6.60. The summed E-state index contributed by atoms with van der Waals surface area (Å²) < 4.78 is 18.9. The molecular weight excluding hydrogens is 257 g/mol. The van der Waals surface area contributed by atoms with Crippen LogP contribution in [0.1, 0.15) is 30.8 Å². The molecule has 0 aliphatic carbocycles. The minimum Gasteiger partial charge on any atom is -0.496 e. The number of hydrogen-bond acceptors (Lipinski definition) is 4. The molecule has 0 bridgehead atoms. The molecule has 0 spiro atoms. The molecule has 1 aromatic carbocycles. The standard InChI is InChI=1S/C15H18FN3O/c1-3-7-17-14(15-18-8-4-9-19-15)12-10-11(16)5-6-13(12)20-2/h4-6,8-10,14,17H,3,7H2,1-2H3. The summed E-state index contributed by atoms with van der Waals surface area (Å²) in [6.07, 6.45) is 4.31. The van der Waals surface area contributed by atoms with Crippen LogP contribution < -0.4 is 10.1 Å². The Morgan fingerprint density at radius 2 is 2.05 bits per heavy atom. The highest BCUT2D eigenvalue weighted by atomic mass is 19.1. The maximum atomic E-state index is 13.6. The average molecular weight is 275 g/mol. The van der Waals surface area contributed by atoms with Crippen LogP contribution in [0.15, 0.2) is 36.7 Å². The average Bonchev–Trinajstić information content (AvgIpc) is 2.49. The van der Waals surface area contributed by atoms with Crippen molar-refractivity contribution in [3.05, 3.63) is 53.9 Å². The first-order chi connectivity index (χ1) is 9.76. The Bertz CT molecular complexity index is 548. The first-order valence-corrected chi connectivity index (χ1v) is 6.60. The van der Waals surface area contributed by atoms with Crippen molar-refractivity contribution >= 4 is 0 Å². The molecule has 2 rings (SSSR count). The summed E-state index contributed by atoms with van der Waals surface area (Å²) in [5, 5.41) is 3.33. The molecule has 106 valence electrons. The Morgan fingerprint density at radius 1 is 1.30 bits per heavy atom. The summed E-state index contributed by atoms with van der Waals surface area (Å²) in [4.78, 5) is 8.52. The fourth-order valence-electron chi connectivity index (χ4n) is 2.02. The Labute approximate surface area is 118 Å². The number of nitrogens with one attached hydrogen (secondary N) is 1. The number of aromatic nitrogens is 2. The normalized spacial score (nSPS) is 12.2. The van der Waals surface area contributed by atoms with E-state index in [4.69, 9.17) is 4.74 Å². The van der Waals surface area contributed by atoms with Gasteiger partial charge in [-0.15, -0.1) is 0 Å². The van der Waals surface area contributed by atoms with Gasteiger partial charge in [-0.1, -0.05) is 6.92 Å². The molecule has 1 atom stereocenters. The van der Waals surface area contributed by atoms with Crippen molar-refractivity contribution in [1.82, 2.24) is 15.3 Å². The smallest absolute Gasteiger partial charge is 0.149 e. The van der Waals surface area contributed by atoms with Gasteiger partial charge in [0.15, 0.2) is 0 Å². The molecule has 0 fully saturated rings. The summed E-state index contributed by atoms with van der Waals surface area (Å²) in [5.74, 6) is 0.914. The van der Waals surface area contributed by atoms with Gasteiger partial charge in [-0.2, -0.15) is 0 Å². The number of nitrogens with zero attached hydrogens (tertiary/aromatic N) is 2. The van der Waals surface area contributed by atoms with Crippen molar-refractivity contribution in [3.63, 3.8) is 0 Å². The summed E-state index contributed by atoms with van der Waals surface area (Å²) >= 11 is 0. The van der Waals surface area contributed by atoms with E-state index in [0.29, 0.717) is 17.1 Å². The van der Waals surface area contributed by atoms with E-state index < -0.39 is 0 Å². The first kappa shape index (κ1) is 14.4. The van der Waals surface area contributed by atoms with E-state index in [2.05, 4.69) is 22.2 Å². The monoisotopic (exact) mass is 275 g/mol. The predicted octanol–water partition coefficient (Wildman–Crippen LogP) is 2.71. The number of benzene rings is 1. The molecule has 1 aromatic heterocycles. The van der Waals surface area contributed by atoms with Crippen molar-refractivity contribution in [2.24, 2.45) is 0 Å². The Morgan fingerprint density at radius 3 is 2.70 bits per heavy atom. The van der Waals surface area contributed by atoms with Gasteiger partial charge < -0.3 is 10.1 Å². The maximum Gasteiger partial charge on any atom is 0.149 e. The zero-order valence-electron chi connectivity index (χ0n) is 11.6. The fourth-order valence-corrected chi connectivity index (χ4v) is 2.02. The molecule has 20 heavy (non-hydrogen) atoms. The lowest BCUT2D eigenvalue weighted by molar-refractivity contribution is 0.400. The largest absolute Gasteiger partial charge is 0.496 e. The van der Waals surface area contributed by atoms with Gasteiger partial charge in [0, 0.05) is 18.0 Å². The van der Waals surface area contributed by atoms with Gasteiger partial charge in [0.2, 0.25) is 0 Å². The fraction of sp³-hybridized carbons (Fsp3) is 0.333. The minimum absolute atomic E-state index is 0.290. The van der Waals surface area contributed by atoms with Crippen LogP contribution in [0.3, 0.4) is 0 Å². The highest BCUT2D eigenvalue weighted by Crippen LogP contribution is 2.29.